The summed E-state index contributed by atoms with van der Waals surface area (Å²) in [5.74, 6) is 1.18. The van der Waals surface area contributed by atoms with Crippen molar-refractivity contribution in [1.29, 1.82) is 0 Å². The highest BCUT2D eigenvalue weighted by Crippen LogP contribution is 2.30. The zero-order valence-electron chi connectivity index (χ0n) is 14.5. The third kappa shape index (κ3) is 4.44. The highest BCUT2D eigenvalue weighted by Gasteiger charge is 2.26. The molecule has 0 unspecified atom stereocenters. The summed E-state index contributed by atoms with van der Waals surface area (Å²) in [6, 6.07) is 17.7. The van der Waals surface area contributed by atoms with Crippen LogP contribution in [0.2, 0.25) is 0 Å². The van der Waals surface area contributed by atoms with Crippen LogP contribution < -0.4 is 19.7 Å². The predicted octanol–water partition coefficient (Wildman–Crippen LogP) is 2.86. The van der Waals surface area contributed by atoms with E-state index in [0.29, 0.717) is 18.0 Å². The van der Waals surface area contributed by atoms with Crippen molar-refractivity contribution in [3.05, 3.63) is 54.6 Å². The van der Waals surface area contributed by atoms with Crippen molar-refractivity contribution in [2.45, 2.75) is 19.4 Å². The number of para-hydroxylation sites is 3. The molecule has 5 heteroatoms. The van der Waals surface area contributed by atoms with Gasteiger partial charge in [-0.2, -0.15) is 0 Å². The topological polar surface area (TPSA) is 50.8 Å². The van der Waals surface area contributed by atoms with E-state index in [1.807, 2.05) is 42.5 Å². The number of carbonyl (C=O) groups excluding carboxylic acids is 1. The Hall–Kier alpha value is -2.69. The summed E-state index contributed by atoms with van der Waals surface area (Å²) in [6.45, 7) is 4.83. The fourth-order valence-corrected chi connectivity index (χ4v) is 2.85. The number of hydrogen-bond donors (Lipinski definition) is 1. The van der Waals surface area contributed by atoms with Gasteiger partial charge < -0.3 is 19.7 Å². The molecule has 0 aliphatic carbocycles. The molecule has 2 aromatic carbocycles. The number of benzene rings is 2. The summed E-state index contributed by atoms with van der Waals surface area (Å²) in [5, 5.41) is 2.94. The van der Waals surface area contributed by atoms with Gasteiger partial charge in [-0.05, 0) is 37.6 Å². The molecule has 0 radical (unpaired) electrons. The van der Waals surface area contributed by atoms with E-state index in [2.05, 4.69) is 29.3 Å². The van der Waals surface area contributed by atoms with Gasteiger partial charge in [-0.3, -0.25) is 4.79 Å². The van der Waals surface area contributed by atoms with Crippen LogP contribution in [0.25, 0.3) is 0 Å². The minimum atomic E-state index is -0.591. The second kappa shape index (κ2) is 8.42. The van der Waals surface area contributed by atoms with Crippen LogP contribution in [0.15, 0.2) is 54.6 Å². The normalized spacial score (nSPS) is 15.5. The van der Waals surface area contributed by atoms with Gasteiger partial charge in [-0.1, -0.05) is 30.3 Å². The number of fused-ring (bicyclic) bond motifs is 1. The van der Waals surface area contributed by atoms with Gasteiger partial charge in [0.2, 0.25) is 6.10 Å². The smallest absolute Gasteiger partial charge is 0.264 e. The van der Waals surface area contributed by atoms with Crippen molar-refractivity contribution in [3.8, 4) is 11.5 Å². The second-order valence-electron chi connectivity index (χ2n) is 5.92. The van der Waals surface area contributed by atoms with Crippen molar-refractivity contribution < 1.29 is 14.3 Å². The maximum atomic E-state index is 12.3. The third-order valence-electron chi connectivity index (χ3n) is 4.21. The third-order valence-corrected chi connectivity index (χ3v) is 4.21. The summed E-state index contributed by atoms with van der Waals surface area (Å²) < 4.78 is 11.3. The molecule has 0 aromatic heterocycles. The van der Waals surface area contributed by atoms with Gasteiger partial charge in [0.15, 0.2) is 11.5 Å². The number of carbonyl (C=O) groups is 1. The first-order valence-electron chi connectivity index (χ1n) is 8.74. The lowest BCUT2D eigenvalue weighted by molar-refractivity contribution is -0.130. The van der Waals surface area contributed by atoms with E-state index in [4.69, 9.17) is 9.47 Å². The molecule has 3 rings (SSSR count). The number of hydrogen-bond acceptors (Lipinski definition) is 4. The molecular weight excluding hydrogens is 316 g/mol. The van der Waals surface area contributed by atoms with Gasteiger partial charge >= 0.3 is 0 Å². The molecule has 1 amide bonds. The van der Waals surface area contributed by atoms with E-state index in [0.717, 1.165) is 19.5 Å². The Bertz CT molecular complexity index is 690. The van der Waals surface area contributed by atoms with E-state index in [-0.39, 0.29) is 12.5 Å². The number of rotatable bonds is 7. The van der Waals surface area contributed by atoms with Crippen LogP contribution in [-0.4, -0.2) is 38.3 Å². The van der Waals surface area contributed by atoms with Crippen LogP contribution in [0.4, 0.5) is 5.69 Å². The van der Waals surface area contributed by atoms with Gasteiger partial charge in [0.1, 0.15) is 6.61 Å². The molecule has 1 atom stereocenters. The van der Waals surface area contributed by atoms with Crippen molar-refractivity contribution in [1.82, 2.24) is 5.32 Å². The molecule has 0 saturated carbocycles. The molecule has 0 saturated heterocycles. The standard InChI is InChI=1S/C20H24N2O3/c1-2-22(16-9-4-3-5-10-16)14-8-13-21-20(23)19-15-24-17-11-6-7-12-18(17)25-19/h3-7,9-12,19H,2,8,13-15H2,1H3,(H,21,23)/t19-/m0/s1. The first-order chi connectivity index (χ1) is 12.3. The minimum absolute atomic E-state index is 0.128. The summed E-state index contributed by atoms with van der Waals surface area (Å²) in [7, 11) is 0. The quantitative estimate of drug-likeness (QED) is 0.788. The molecule has 1 aliphatic heterocycles. The van der Waals surface area contributed by atoms with Gasteiger partial charge in [0.25, 0.3) is 5.91 Å². The van der Waals surface area contributed by atoms with Crippen LogP contribution in [0.3, 0.4) is 0 Å². The molecule has 1 N–H and O–H groups in total. The van der Waals surface area contributed by atoms with Crippen LogP contribution in [-0.2, 0) is 4.79 Å². The van der Waals surface area contributed by atoms with Gasteiger partial charge in [0, 0.05) is 25.3 Å². The van der Waals surface area contributed by atoms with Crippen LogP contribution in [0, 0.1) is 0 Å². The molecule has 0 spiro atoms. The predicted molar refractivity (Wildman–Crippen MR) is 98.3 cm³/mol. The maximum Gasteiger partial charge on any atom is 0.264 e. The zero-order valence-corrected chi connectivity index (χ0v) is 14.5. The Kier molecular flexibility index (Phi) is 5.77. The Labute approximate surface area is 148 Å². The monoisotopic (exact) mass is 340 g/mol. The first-order valence-corrected chi connectivity index (χ1v) is 8.74. The summed E-state index contributed by atoms with van der Waals surface area (Å²) in [4.78, 5) is 14.6. The molecule has 5 nitrogen and oxygen atoms in total. The number of anilines is 1. The lowest BCUT2D eigenvalue weighted by atomic mass is 10.2. The van der Waals surface area contributed by atoms with E-state index in [1.54, 1.807) is 0 Å². The average Bonchev–Trinajstić information content (AvgIpc) is 2.68. The van der Waals surface area contributed by atoms with Crippen LogP contribution in [0.1, 0.15) is 13.3 Å². The fourth-order valence-electron chi connectivity index (χ4n) is 2.85. The largest absolute Gasteiger partial charge is 0.485 e. The maximum absolute atomic E-state index is 12.3. The zero-order chi connectivity index (χ0) is 17.5. The molecule has 0 fully saturated rings. The Morgan fingerprint density at radius 3 is 2.60 bits per heavy atom. The van der Waals surface area contributed by atoms with Crippen LogP contribution in [0.5, 0.6) is 11.5 Å². The second-order valence-corrected chi connectivity index (χ2v) is 5.92. The molecule has 132 valence electrons. The molecule has 1 aliphatic rings. The summed E-state index contributed by atoms with van der Waals surface area (Å²) >= 11 is 0. The SMILES string of the molecule is CCN(CCCNC(=O)[C@@H]1COc2ccccc2O1)c1ccccc1. The summed E-state index contributed by atoms with van der Waals surface area (Å²) in [5.41, 5.74) is 1.21. The molecule has 1 heterocycles. The van der Waals surface area contributed by atoms with Crippen molar-refractivity contribution >= 4 is 11.6 Å². The first kappa shape index (κ1) is 17.1. The van der Waals surface area contributed by atoms with E-state index >= 15 is 0 Å². The van der Waals surface area contributed by atoms with Crippen LogP contribution >= 0.6 is 0 Å². The average molecular weight is 340 g/mol. The highest BCUT2D eigenvalue weighted by atomic mass is 16.6. The Morgan fingerprint density at radius 1 is 1.12 bits per heavy atom. The van der Waals surface area contributed by atoms with E-state index in [1.165, 1.54) is 5.69 Å². The van der Waals surface area contributed by atoms with Gasteiger partial charge in [0.05, 0.1) is 0 Å². The molecule has 0 bridgehead atoms. The van der Waals surface area contributed by atoms with Crippen molar-refractivity contribution in [2.24, 2.45) is 0 Å². The van der Waals surface area contributed by atoms with Crippen molar-refractivity contribution in [2.75, 3.05) is 31.1 Å². The molecular formula is C20H24N2O3. The Morgan fingerprint density at radius 2 is 1.84 bits per heavy atom. The number of amides is 1. The number of nitrogens with one attached hydrogen (secondary N) is 1. The lowest BCUT2D eigenvalue weighted by Gasteiger charge is -2.26. The van der Waals surface area contributed by atoms with E-state index < -0.39 is 6.10 Å². The lowest BCUT2D eigenvalue weighted by Crippen LogP contribution is -2.44. The molecule has 25 heavy (non-hydrogen) atoms. The van der Waals surface area contributed by atoms with E-state index in [9.17, 15) is 4.79 Å². The van der Waals surface area contributed by atoms with Gasteiger partial charge in [-0.25, -0.2) is 0 Å². The molecule has 2 aromatic rings. The number of nitrogens with zero attached hydrogens (tertiary/aromatic N) is 1. The minimum Gasteiger partial charge on any atom is -0.485 e. The number of ether oxygens (including phenoxy) is 2. The summed E-state index contributed by atoms with van der Waals surface area (Å²) in [6.07, 6.45) is 0.282. The van der Waals surface area contributed by atoms with Gasteiger partial charge in [-0.15, -0.1) is 0 Å². The fraction of sp³-hybridized carbons (Fsp3) is 0.350. The Balaban J connectivity index is 1.42. The highest BCUT2D eigenvalue weighted by molar-refractivity contribution is 5.81. The van der Waals surface area contributed by atoms with Crippen molar-refractivity contribution in [3.63, 3.8) is 0 Å².